The average molecular weight is 269 g/mol. The lowest BCUT2D eigenvalue weighted by atomic mass is 10.0. The van der Waals surface area contributed by atoms with Crippen molar-refractivity contribution in [2.75, 3.05) is 0 Å². The number of rotatable bonds is 5. The lowest BCUT2D eigenvalue weighted by Gasteiger charge is -2.09. The molecule has 0 aliphatic carbocycles. The first-order valence-corrected chi connectivity index (χ1v) is 6.68. The summed E-state index contributed by atoms with van der Waals surface area (Å²) in [5.74, 6) is 0.829. The van der Waals surface area contributed by atoms with Crippen molar-refractivity contribution < 1.29 is 9.53 Å². The molecular weight excluding hydrogens is 250 g/mol. The van der Waals surface area contributed by atoms with E-state index < -0.39 is 5.91 Å². The number of benzene rings is 2. The van der Waals surface area contributed by atoms with E-state index in [0.717, 1.165) is 11.3 Å². The molecule has 2 aromatic carbocycles. The Morgan fingerprint density at radius 2 is 1.65 bits per heavy atom. The van der Waals surface area contributed by atoms with Gasteiger partial charge in [-0.1, -0.05) is 38.1 Å². The Balaban J connectivity index is 1.96. The van der Waals surface area contributed by atoms with Crippen molar-refractivity contribution in [1.82, 2.24) is 0 Å². The van der Waals surface area contributed by atoms with Crippen molar-refractivity contribution in [3.8, 4) is 5.75 Å². The number of nitrogens with two attached hydrogens (primary N) is 1. The van der Waals surface area contributed by atoms with Gasteiger partial charge in [0.1, 0.15) is 12.4 Å². The molecule has 2 N–H and O–H groups in total. The van der Waals surface area contributed by atoms with E-state index in [4.69, 9.17) is 10.5 Å². The lowest BCUT2D eigenvalue weighted by molar-refractivity contribution is 0.100. The molecule has 3 heteroatoms. The van der Waals surface area contributed by atoms with E-state index in [-0.39, 0.29) is 0 Å². The van der Waals surface area contributed by atoms with E-state index in [1.165, 1.54) is 5.56 Å². The van der Waals surface area contributed by atoms with Gasteiger partial charge in [0.05, 0.1) is 0 Å². The minimum Gasteiger partial charge on any atom is -0.489 e. The predicted octanol–water partition coefficient (Wildman–Crippen LogP) is 3.49. The zero-order valence-corrected chi connectivity index (χ0v) is 11.8. The van der Waals surface area contributed by atoms with Crippen LogP contribution in [0, 0.1) is 0 Å². The number of carbonyl (C=O) groups is 1. The van der Waals surface area contributed by atoms with Gasteiger partial charge in [-0.2, -0.15) is 0 Å². The summed E-state index contributed by atoms with van der Waals surface area (Å²) < 4.78 is 5.68. The van der Waals surface area contributed by atoms with E-state index in [1.807, 2.05) is 0 Å². The molecule has 0 atom stereocenters. The molecule has 0 unspecified atom stereocenters. The molecule has 0 aromatic heterocycles. The quantitative estimate of drug-likeness (QED) is 0.903. The van der Waals surface area contributed by atoms with E-state index in [1.54, 1.807) is 24.3 Å². The second kappa shape index (κ2) is 6.24. The van der Waals surface area contributed by atoms with Crippen molar-refractivity contribution in [3.63, 3.8) is 0 Å². The maximum atomic E-state index is 11.0. The number of hydrogen-bond donors (Lipinski definition) is 1. The summed E-state index contributed by atoms with van der Waals surface area (Å²) in [6.07, 6.45) is 0. The molecule has 104 valence electrons. The topological polar surface area (TPSA) is 52.3 Å². The first-order valence-electron chi connectivity index (χ1n) is 6.68. The van der Waals surface area contributed by atoms with Gasteiger partial charge in [0.15, 0.2) is 0 Å². The molecule has 0 bridgehead atoms. The third kappa shape index (κ3) is 3.60. The highest BCUT2D eigenvalue weighted by Gasteiger charge is 2.02. The second-order valence-electron chi connectivity index (χ2n) is 5.07. The number of hydrogen-bond acceptors (Lipinski definition) is 2. The highest BCUT2D eigenvalue weighted by molar-refractivity contribution is 5.92. The molecule has 1 amide bonds. The monoisotopic (exact) mass is 269 g/mol. The van der Waals surface area contributed by atoms with Gasteiger partial charge in [0, 0.05) is 5.56 Å². The van der Waals surface area contributed by atoms with Crippen LogP contribution in [0.1, 0.15) is 41.3 Å². The average Bonchev–Trinajstić information content (AvgIpc) is 2.46. The molecule has 0 fully saturated rings. The summed E-state index contributed by atoms with van der Waals surface area (Å²) >= 11 is 0. The van der Waals surface area contributed by atoms with Crippen LogP contribution in [0.15, 0.2) is 48.5 Å². The van der Waals surface area contributed by atoms with Gasteiger partial charge < -0.3 is 10.5 Å². The fourth-order valence-electron chi connectivity index (χ4n) is 1.88. The third-order valence-electron chi connectivity index (χ3n) is 3.19. The molecule has 0 aliphatic heterocycles. The molecular formula is C17H19NO2. The summed E-state index contributed by atoms with van der Waals surface area (Å²) in [4.78, 5) is 11.0. The largest absolute Gasteiger partial charge is 0.489 e. The minimum atomic E-state index is -0.430. The van der Waals surface area contributed by atoms with E-state index in [0.29, 0.717) is 18.1 Å². The van der Waals surface area contributed by atoms with Gasteiger partial charge in [-0.15, -0.1) is 0 Å². The maximum Gasteiger partial charge on any atom is 0.248 e. The zero-order chi connectivity index (χ0) is 14.5. The van der Waals surface area contributed by atoms with Crippen molar-refractivity contribution in [3.05, 3.63) is 65.2 Å². The molecule has 0 saturated carbocycles. The maximum absolute atomic E-state index is 11.0. The third-order valence-corrected chi connectivity index (χ3v) is 3.19. The highest BCUT2D eigenvalue weighted by atomic mass is 16.5. The van der Waals surface area contributed by atoms with Crippen molar-refractivity contribution in [2.24, 2.45) is 5.73 Å². The highest BCUT2D eigenvalue weighted by Crippen LogP contribution is 2.17. The van der Waals surface area contributed by atoms with Crippen LogP contribution in [0.5, 0.6) is 5.75 Å². The first-order chi connectivity index (χ1) is 9.56. The summed E-state index contributed by atoms with van der Waals surface area (Å²) in [5, 5.41) is 0. The number of ether oxygens (including phenoxy) is 1. The lowest BCUT2D eigenvalue weighted by Crippen LogP contribution is -2.10. The van der Waals surface area contributed by atoms with E-state index in [2.05, 4.69) is 38.1 Å². The molecule has 0 aliphatic rings. The van der Waals surface area contributed by atoms with Gasteiger partial charge in [0.2, 0.25) is 5.91 Å². The molecule has 0 heterocycles. The number of amides is 1. The van der Waals surface area contributed by atoms with E-state index >= 15 is 0 Å². The Bertz CT molecular complexity index is 571. The first kappa shape index (κ1) is 14.1. The van der Waals surface area contributed by atoms with Crippen LogP contribution < -0.4 is 10.5 Å². The minimum absolute atomic E-state index is 0.430. The standard InChI is InChI=1S/C17H19NO2/c1-12(2)14-5-3-13(4-6-14)11-20-16-9-7-15(8-10-16)17(18)19/h3-10,12H,11H2,1-2H3,(H2,18,19). The van der Waals surface area contributed by atoms with Gasteiger partial charge in [-0.3, -0.25) is 4.79 Å². The summed E-state index contributed by atoms with van der Waals surface area (Å²) in [7, 11) is 0. The fraction of sp³-hybridized carbons (Fsp3) is 0.235. The van der Waals surface area contributed by atoms with Crippen LogP contribution in [-0.4, -0.2) is 5.91 Å². The number of carbonyl (C=O) groups excluding carboxylic acids is 1. The van der Waals surface area contributed by atoms with E-state index in [9.17, 15) is 4.79 Å². The van der Waals surface area contributed by atoms with Gasteiger partial charge in [-0.05, 0) is 41.3 Å². The van der Waals surface area contributed by atoms with Crippen molar-refractivity contribution in [2.45, 2.75) is 26.4 Å². The Kier molecular flexibility index (Phi) is 4.41. The molecule has 2 aromatic rings. The van der Waals surface area contributed by atoms with Crippen LogP contribution in [0.25, 0.3) is 0 Å². The normalized spacial score (nSPS) is 10.6. The Hall–Kier alpha value is -2.29. The van der Waals surface area contributed by atoms with Crippen molar-refractivity contribution in [1.29, 1.82) is 0 Å². The van der Waals surface area contributed by atoms with Crippen molar-refractivity contribution >= 4 is 5.91 Å². The van der Waals surface area contributed by atoms with Crippen LogP contribution in [0.3, 0.4) is 0 Å². The molecule has 0 saturated heterocycles. The Morgan fingerprint density at radius 1 is 1.05 bits per heavy atom. The summed E-state index contributed by atoms with van der Waals surface area (Å²) in [6, 6.07) is 15.2. The summed E-state index contributed by atoms with van der Waals surface area (Å²) in [6.45, 7) is 4.85. The second-order valence-corrected chi connectivity index (χ2v) is 5.07. The van der Waals surface area contributed by atoms with Crippen LogP contribution in [0.2, 0.25) is 0 Å². The molecule has 20 heavy (non-hydrogen) atoms. The fourth-order valence-corrected chi connectivity index (χ4v) is 1.88. The van der Waals surface area contributed by atoms with Gasteiger partial charge in [0.25, 0.3) is 0 Å². The predicted molar refractivity (Wildman–Crippen MR) is 79.8 cm³/mol. The number of primary amides is 1. The zero-order valence-electron chi connectivity index (χ0n) is 11.8. The molecule has 3 nitrogen and oxygen atoms in total. The van der Waals surface area contributed by atoms with Crippen LogP contribution in [0.4, 0.5) is 0 Å². The smallest absolute Gasteiger partial charge is 0.248 e. The van der Waals surface area contributed by atoms with Gasteiger partial charge >= 0.3 is 0 Å². The molecule has 2 rings (SSSR count). The Morgan fingerprint density at radius 3 is 2.15 bits per heavy atom. The Labute approximate surface area is 119 Å². The van der Waals surface area contributed by atoms with Crippen LogP contribution >= 0.6 is 0 Å². The van der Waals surface area contributed by atoms with Crippen LogP contribution in [-0.2, 0) is 6.61 Å². The molecule has 0 radical (unpaired) electrons. The summed E-state index contributed by atoms with van der Waals surface area (Å²) in [5.41, 5.74) is 8.11. The molecule has 0 spiro atoms. The SMILES string of the molecule is CC(C)c1ccc(COc2ccc(C(N)=O)cc2)cc1. The van der Waals surface area contributed by atoms with Gasteiger partial charge in [-0.25, -0.2) is 0 Å².